The summed E-state index contributed by atoms with van der Waals surface area (Å²) in [5, 5.41) is 6.48. The number of likely N-dealkylation sites (N-methyl/N-ethyl adjacent to an activating group) is 1. The van der Waals surface area contributed by atoms with Gasteiger partial charge in [-0.3, -0.25) is 9.69 Å². The Bertz CT molecular complexity index is 558. The fourth-order valence-corrected chi connectivity index (χ4v) is 4.11. The van der Waals surface area contributed by atoms with Crippen LogP contribution in [-0.2, 0) is 4.79 Å². The Balaban J connectivity index is 0.00000261. The van der Waals surface area contributed by atoms with Crippen molar-refractivity contribution in [3.05, 3.63) is 35.9 Å². The number of carbonyl (C=O) groups excluding carboxylic acids is 1. The molecule has 2 heterocycles. The van der Waals surface area contributed by atoms with E-state index in [0.29, 0.717) is 18.4 Å². The molecule has 0 radical (unpaired) electrons. The molecule has 5 nitrogen and oxygen atoms in total. The second kappa shape index (κ2) is 15.3. The molecule has 0 saturated carbocycles. The van der Waals surface area contributed by atoms with E-state index in [0.717, 1.165) is 58.7 Å². The number of benzene rings is 1. The molecule has 2 aliphatic heterocycles. The minimum absolute atomic E-state index is 0. The van der Waals surface area contributed by atoms with Crippen LogP contribution < -0.4 is 10.6 Å². The monoisotopic (exact) mass is 466 g/mol. The highest BCUT2D eigenvalue weighted by Crippen LogP contribution is 2.24. The number of hydrogen-bond acceptors (Lipinski definition) is 4. The van der Waals surface area contributed by atoms with E-state index in [1.165, 1.54) is 12.0 Å². The minimum Gasteiger partial charge on any atom is -0.356 e. The molecule has 0 aliphatic carbocycles. The molecule has 2 saturated heterocycles. The van der Waals surface area contributed by atoms with E-state index in [-0.39, 0.29) is 43.1 Å². The molecule has 0 aromatic heterocycles. The topological polar surface area (TPSA) is 47.6 Å². The molecule has 0 spiro atoms. The summed E-state index contributed by atoms with van der Waals surface area (Å²) >= 11 is 0. The second-order valence-electron chi connectivity index (χ2n) is 7.83. The van der Waals surface area contributed by atoms with Crippen molar-refractivity contribution >= 4 is 43.1 Å². The smallest absolute Gasteiger partial charge is 0.220 e. The van der Waals surface area contributed by atoms with E-state index in [2.05, 4.69) is 57.8 Å². The van der Waals surface area contributed by atoms with Crippen LogP contribution in [0.1, 0.15) is 37.3 Å². The average Bonchev–Trinajstić information content (AvgIpc) is 3.19. The third-order valence-corrected chi connectivity index (χ3v) is 5.76. The van der Waals surface area contributed by atoms with Gasteiger partial charge >= 0.3 is 0 Å². The number of piperazine rings is 1. The summed E-state index contributed by atoms with van der Waals surface area (Å²) in [5.41, 5.74) is 1.40. The summed E-state index contributed by atoms with van der Waals surface area (Å²) < 4.78 is 0. The first-order chi connectivity index (χ1) is 12.7. The fraction of sp³-hybridized carbons (Fsp3) is 0.667. The third-order valence-electron chi connectivity index (χ3n) is 5.76. The van der Waals surface area contributed by atoms with Gasteiger partial charge in [-0.1, -0.05) is 30.3 Å². The molecule has 1 amide bonds. The van der Waals surface area contributed by atoms with Crippen LogP contribution in [-0.4, -0.2) is 68.6 Å². The third kappa shape index (κ3) is 9.41. The Morgan fingerprint density at radius 2 is 1.93 bits per heavy atom. The van der Waals surface area contributed by atoms with Gasteiger partial charge in [-0.2, -0.15) is 0 Å². The number of nitrogens with zero attached hydrogens (tertiary/aromatic N) is 2. The Hall–Kier alpha value is -0.560. The van der Waals surface area contributed by atoms with Crippen LogP contribution >= 0.6 is 37.2 Å². The van der Waals surface area contributed by atoms with Gasteiger partial charge in [0.2, 0.25) is 5.91 Å². The molecule has 1 aromatic carbocycles. The molecule has 2 aliphatic rings. The predicted molar refractivity (Wildman–Crippen MR) is 128 cm³/mol. The highest BCUT2D eigenvalue weighted by molar-refractivity contribution is 5.86. The quantitative estimate of drug-likeness (QED) is 0.577. The highest BCUT2D eigenvalue weighted by Gasteiger charge is 2.25. The minimum atomic E-state index is 0. The number of nitrogens with one attached hydrogen (secondary N) is 2. The standard InChI is InChI=1S/C21H34N4O.3ClH/c1-24-14-15-25(20(17-24)19-6-3-2-4-7-19)13-5-11-23-21(26)9-8-18-10-12-22-16-18;;;/h2-4,6-7,18,20,22H,5,8-17H2,1H3,(H,23,26);3*1H. The van der Waals surface area contributed by atoms with Crippen LogP contribution in [0.5, 0.6) is 0 Å². The van der Waals surface area contributed by atoms with Crippen LogP contribution in [0.2, 0.25) is 0 Å². The predicted octanol–water partition coefficient (Wildman–Crippen LogP) is 3.14. The SMILES string of the molecule is CN1CCN(CCCNC(=O)CCC2CCNC2)C(c2ccccc2)C1.Cl.Cl.Cl. The van der Waals surface area contributed by atoms with Crippen LogP contribution in [0.3, 0.4) is 0 Å². The van der Waals surface area contributed by atoms with Gasteiger partial charge in [-0.05, 0) is 50.9 Å². The lowest BCUT2D eigenvalue weighted by molar-refractivity contribution is -0.121. The van der Waals surface area contributed by atoms with Gasteiger partial charge in [0, 0.05) is 45.2 Å². The second-order valence-corrected chi connectivity index (χ2v) is 7.83. The Morgan fingerprint density at radius 3 is 2.62 bits per heavy atom. The summed E-state index contributed by atoms with van der Waals surface area (Å²) in [6, 6.07) is 11.3. The zero-order valence-electron chi connectivity index (χ0n) is 17.3. The maximum Gasteiger partial charge on any atom is 0.220 e. The number of amides is 1. The lowest BCUT2D eigenvalue weighted by Gasteiger charge is -2.40. The first kappa shape index (κ1) is 28.4. The van der Waals surface area contributed by atoms with Gasteiger partial charge in [-0.25, -0.2) is 0 Å². The van der Waals surface area contributed by atoms with Crippen molar-refractivity contribution in [1.82, 2.24) is 20.4 Å². The molecule has 29 heavy (non-hydrogen) atoms. The van der Waals surface area contributed by atoms with Crippen molar-refractivity contribution in [3.8, 4) is 0 Å². The molecule has 1 aromatic rings. The van der Waals surface area contributed by atoms with E-state index in [1.807, 2.05) is 0 Å². The van der Waals surface area contributed by atoms with Crippen molar-refractivity contribution in [2.45, 2.75) is 31.7 Å². The van der Waals surface area contributed by atoms with Crippen molar-refractivity contribution in [2.75, 3.05) is 52.9 Å². The Kier molecular flexibility index (Phi) is 15.0. The molecule has 3 rings (SSSR count). The Morgan fingerprint density at radius 1 is 1.17 bits per heavy atom. The van der Waals surface area contributed by atoms with Crippen LogP contribution in [0, 0.1) is 5.92 Å². The van der Waals surface area contributed by atoms with Crippen molar-refractivity contribution in [2.24, 2.45) is 5.92 Å². The summed E-state index contributed by atoms with van der Waals surface area (Å²) in [7, 11) is 2.20. The first-order valence-electron chi connectivity index (χ1n) is 10.2. The van der Waals surface area contributed by atoms with Gasteiger partial charge in [0.15, 0.2) is 0 Å². The largest absolute Gasteiger partial charge is 0.356 e. The van der Waals surface area contributed by atoms with Crippen LogP contribution in [0.15, 0.2) is 30.3 Å². The van der Waals surface area contributed by atoms with Crippen LogP contribution in [0.25, 0.3) is 0 Å². The van der Waals surface area contributed by atoms with Gasteiger partial charge in [0.1, 0.15) is 0 Å². The first-order valence-corrected chi connectivity index (χ1v) is 10.2. The molecule has 0 bridgehead atoms. The Labute approximate surface area is 194 Å². The molecule has 2 fully saturated rings. The van der Waals surface area contributed by atoms with Gasteiger partial charge in [-0.15, -0.1) is 37.2 Å². The fourth-order valence-electron chi connectivity index (χ4n) is 4.11. The summed E-state index contributed by atoms with van der Waals surface area (Å²) in [6.45, 7) is 7.31. The molecular formula is C21H37Cl3N4O. The lowest BCUT2D eigenvalue weighted by Crippen LogP contribution is -2.47. The van der Waals surface area contributed by atoms with E-state index in [9.17, 15) is 4.79 Å². The number of hydrogen-bond donors (Lipinski definition) is 2. The number of halogens is 3. The average molecular weight is 468 g/mol. The molecule has 8 heteroatoms. The highest BCUT2D eigenvalue weighted by atomic mass is 35.5. The summed E-state index contributed by atoms with van der Waals surface area (Å²) in [6.07, 6.45) is 3.93. The normalized spacial score (nSPS) is 22.1. The van der Waals surface area contributed by atoms with Gasteiger partial charge < -0.3 is 15.5 Å². The zero-order valence-corrected chi connectivity index (χ0v) is 19.8. The van der Waals surface area contributed by atoms with E-state index >= 15 is 0 Å². The molecule has 168 valence electrons. The lowest BCUT2D eigenvalue weighted by atomic mass is 10.0. The molecule has 2 atom stereocenters. The summed E-state index contributed by atoms with van der Waals surface area (Å²) in [5.74, 6) is 0.910. The van der Waals surface area contributed by atoms with Gasteiger partial charge in [0.25, 0.3) is 0 Å². The van der Waals surface area contributed by atoms with E-state index in [4.69, 9.17) is 0 Å². The zero-order chi connectivity index (χ0) is 18.2. The van der Waals surface area contributed by atoms with E-state index in [1.54, 1.807) is 0 Å². The maximum absolute atomic E-state index is 12.0. The van der Waals surface area contributed by atoms with Crippen molar-refractivity contribution in [3.63, 3.8) is 0 Å². The van der Waals surface area contributed by atoms with Gasteiger partial charge in [0.05, 0.1) is 0 Å². The number of rotatable bonds is 8. The van der Waals surface area contributed by atoms with E-state index < -0.39 is 0 Å². The van der Waals surface area contributed by atoms with Crippen molar-refractivity contribution in [1.29, 1.82) is 0 Å². The summed E-state index contributed by atoms with van der Waals surface area (Å²) in [4.78, 5) is 17.0. The van der Waals surface area contributed by atoms with Crippen LogP contribution in [0.4, 0.5) is 0 Å². The number of carbonyl (C=O) groups is 1. The molecule has 2 unspecified atom stereocenters. The molecular weight excluding hydrogens is 431 g/mol. The molecule has 2 N–H and O–H groups in total. The van der Waals surface area contributed by atoms with Crippen molar-refractivity contribution < 1.29 is 4.79 Å². The maximum atomic E-state index is 12.0.